The molecule has 1 atom stereocenters. The van der Waals surface area contributed by atoms with E-state index < -0.39 is 9.84 Å². The molecule has 0 bridgehead atoms. The normalized spacial score (nSPS) is 17.8. The van der Waals surface area contributed by atoms with Crippen LogP contribution in [0.1, 0.15) is 6.42 Å². The zero-order valence-corrected chi connectivity index (χ0v) is 19.5. The maximum absolute atomic E-state index is 13.1. The van der Waals surface area contributed by atoms with Gasteiger partial charge in [0.05, 0.1) is 34.3 Å². The van der Waals surface area contributed by atoms with Crippen LogP contribution in [0.4, 0.5) is 0 Å². The Kier molecular flexibility index (Phi) is 6.90. The van der Waals surface area contributed by atoms with E-state index >= 15 is 0 Å². The molecule has 10 heteroatoms. The van der Waals surface area contributed by atoms with Gasteiger partial charge in [-0.25, -0.2) is 18.4 Å². The van der Waals surface area contributed by atoms with Crippen LogP contribution in [0.5, 0.6) is 0 Å². The largest absolute Gasteiger partial charge is 0.383 e. The number of carbonyl (C=O) groups is 1. The van der Waals surface area contributed by atoms with Gasteiger partial charge in [-0.15, -0.1) is 11.3 Å². The monoisotopic (exact) mass is 477 g/mol. The van der Waals surface area contributed by atoms with Crippen molar-refractivity contribution in [3.63, 3.8) is 0 Å². The smallest absolute Gasteiger partial charge is 0.233 e. The number of benzene rings is 1. The fraction of sp³-hybridized carbons (Fsp3) is 0.381. The number of nitrogens with zero attached hydrogens (tertiary/aromatic N) is 3. The molecule has 0 aliphatic carbocycles. The summed E-state index contributed by atoms with van der Waals surface area (Å²) in [6, 6.07) is 11.4. The fourth-order valence-electron chi connectivity index (χ4n) is 3.61. The number of amides is 1. The van der Waals surface area contributed by atoms with Crippen molar-refractivity contribution in [1.82, 2.24) is 14.9 Å². The summed E-state index contributed by atoms with van der Waals surface area (Å²) in [6.45, 7) is 0.743. The van der Waals surface area contributed by atoms with E-state index in [0.717, 1.165) is 20.8 Å². The molecule has 0 saturated carbocycles. The summed E-state index contributed by atoms with van der Waals surface area (Å²) in [5, 5.41) is 3.62. The maximum Gasteiger partial charge on any atom is 0.233 e. The van der Waals surface area contributed by atoms with E-state index in [4.69, 9.17) is 9.72 Å². The number of para-hydroxylation sites is 1. The van der Waals surface area contributed by atoms with Gasteiger partial charge in [0.2, 0.25) is 5.91 Å². The number of thiophene rings is 1. The van der Waals surface area contributed by atoms with Crippen LogP contribution in [0.2, 0.25) is 0 Å². The number of fused-ring (bicyclic) bond motifs is 1. The second-order valence-electron chi connectivity index (χ2n) is 7.27. The summed E-state index contributed by atoms with van der Waals surface area (Å²) >= 11 is 2.93. The maximum atomic E-state index is 13.1. The lowest BCUT2D eigenvalue weighted by Gasteiger charge is -2.28. The molecule has 0 radical (unpaired) electrons. The van der Waals surface area contributed by atoms with E-state index in [0.29, 0.717) is 25.4 Å². The first-order chi connectivity index (χ1) is 15.0. The molecule has 1 aliphatic heterocycles. The van der Waals surface area contributed by atoms with Crippen LogP contribution in [0.25, 0.3) is 21.6 Å². The molecule has 7 nitrogen and oxygen atoms in total. The number of aromatic nitrogens is 2. The topological polar surface area (TPSA) is 89.5 Å². The van der Waals surface area contributed by atoms with Gasteiger partial charge in [-0.3, -0.25) is 4.79 Å². The van der Waals surface area contributed by atoms with Gasteiger partial charge in [0, 0.05) is 25.1 Å². The average Bonchev–Trinajstić information content (AvgIpc) is 3.42. The van der Waals surface area contributed by atoms with Crippen molar-refractivity contribution in [2.45, 2.75) is 17.5 Å². The minimum atomic E-state index is -3.09. The van der Waals surface area contributed by atoms with E-state index in [9.17, 15) is 13.2 Å². The summed E-state index contributed by atoms with van der Waals surface area (Å²) in [5.41, 5.74) is 0.828. The highest BCUT2D eigenvalue weighted by molar-refractivity contribution is 8.00. The number of sulfone groups is 1. The van der Waals surface area contributed by atoms with Crippen molar-refractivity contribution in [1.29, 1.82) is 0 Å². The predicted molar refractivity (Wildman–Crippen MR) is 124 cm³/mol. The molecular formula is C21H23N3O4S3. The van der Waals surface area contributed by atoms with Gasteiger partial charge in [0.25, 0.3) is 0 Å². The Morgan fingerprint density at radius 3 is 2.81 bits per heavy atom. The van der Waals surface area contributed by atoms with E-state index in [-0.39, 0.29) is 29.2 Å². The highest BCUT2D eigenvalue weighted by atomic mass is 32.2. The van der Waals surface area contributed by atoms with Crippen molar-refractivity contribution in [3.8, 4) is 10.7 Å². The third-order valence-corrected chi connectivity index (χ3v) is 8.74. The molecule has 3 aromatic rings. The first kappa shape index (κ1) is 22.2. The number of hydrogen-bond acceptors (Lipinski definition) is 8. The molecule has 1 aliphatic rings. The number of carbonyl (C=O) groups excluding carboxylic acids is 1. The second-order valence-corrected chi connectivity index (χ2v) is 11.4. The number of ether oxygens (including phenoxy) is 1. The van der Waals surface area contributed by atoms with Crippen molar-refractivity contribution in [3.05, 3.63) is 41.8 Å². The molecule has 2 aromatic heterocycles. The lowest BCUT2D eigenvalue weighted by Crippen LogP contribution is -2.44. The van der Waals surface area contributed by atoms with Gasteiger partial charge in [-0.2, -0.15) is 0 Å². The van der Waals surface area contributed by atoms with Crippen LogP contribution in [0.3, 0.4) is 0 Å². The molecule has 1 saturated heterocycles. The molecule has 1 fully saturated rings. The number of thioether (sulfide) groups is 1. The molecule has 0 spiro atoms. The van der Waals surface area contributed by atoms with E-state index in [1.807, 2.05) is 41.8 Å². The Morgan fingerprint density at radius 1 is 1.26 bits per heavy atom. The van der Waals surface area contributed by atoms with Crippen molar-refractivity contribution in [2.75, 3.05) is 37.5 Å². The first-order valence-electron chi connectivity index (χ1n) is 9.89. The third-order valence-electron chi connectivity index (χ3n) is 5.15. The summed E-state index contributed by atoms with van der Waals surface area (Å²) in [4.78, 5) is 25.1. The average molecular weight is 478 g/mol. The number of methoxy groups -OCH3 is 1. The van der Waals surface area contributed by atoms with Crippen LogP contribution < -0.4 is 0 Å². The van der Waals surface area contributed by atoms with Crippen LogP contribution >= 0.6 is 23.1 Å². The Morgan fingerprint density at radius 2 is 2.10 bits per heavy atom. The lowest BCUT2D eigenvalue weighted by molar-refractivity contribution is -0.130. The van der Waals surface area contributed by atoms with Crippen LogP contribution in [0, 0.1) is 0 Å². The highest BCUT2D eigenvalue weighted by Crippen LogP contribution is 2.30. The zero-order valence-electron chi connectivity index (χ0n) is 17.1. The van der Waals surface area contributed by atoms with Crippen molar-refractivity contribution in [2.24, 2.45) is 0 Å². The molecular weight excluding hydrogens is 454 g/mol. The van der Waals surface area contributed by atoms with E-state index in [1.54, 1.807) is 23.3 Å². The van der Waals surface area contributed by atoms with Gasteiger partial charge in [0.1, 0.15) is 5.03 Å². The molecule has 164 valence electrons. The predicted octanol–water partition coefficient (Wildman–Crippen LogP) is 3.11. The van der Waals surface area contributed by atoms with Gasteiger partial charge < -0.3 is 9.64 Å². The van der Waals surface area contributed by atoms with Crippen LogP contribution in [0.15, 0.2) is 46.8 Å². The molecule has 1 amide bonds. The fourth-order valence-corrected chi connectivity index (χ4v) is 6.90. The number of rotatable bonds is 8. The molecule has 0 unspecified atom stereocenters. The van der Waals surface area contributed by atoms with Crippen molar-refractivity contribution < 1.29 is 17.9 Å². The quantitative estimate of drug-likeness (QED) is 0.364. The molecule has 4 rings (SSSR count). The highest BCUT2D eigenvalue weighted by Gasteiger charge is 2.34. The molecule has 3 heterocycles. The SMILES string of the molecule is COCCN(C(=O)CSc1nc(-c2cccs2)nc2ccccc12)[C@H]1CCS(=O)(=O)C1. The number of hydrogen-bond donors (Lipinski definition) is 0. The third kappa shape index (κ3) is 5.25. The summed E-state index contributed by atoms with van der Waals surface area (Å²) in [6.07, 6.45) is 0.474. The Hall–Kier alpha value is -2.01. The zero-order chi connectivity index (χ0) is 21.8. The molecule has 31 heavy (non-hydrogen) atoms. The Bertz CT molecular complexity index is 1170. The van der Waals surface area contributed by atoms with E-state index in [1.165, 1.54) is 11.8 Å². The molecule has 0 N–H and O–H groups in total. The minimum Gasteiger partial charge on any atom is -0.383 e. The Labute approximate surface area is 189 Å². The van der Waals surface area contributed by atoms with Gasteiger partial charge >= 0.3 is 0 Å². The van der Waals surface area contributed by atoms with Gasteiger partial charge in [-0.1, -0.05) is 36.0 Å². The van der Waals surface area contributed by atoms with Gasteiger partial charge in [-0.05, 0) is 23.9 Å². The van der Waals surface area contributed by atoms with Crippen molar-refractivity contribution >= 4 is 49.7 Å². The van der Waals surface area contributed by atoms with Gasteiger partial charge in [0.15, 0.2) is 15.7 Å². The van der Waals surface area contributed by atoms with Crippen LogP contribution in [-0.2, 0) is 19.4 Å². The summed E-state index contributed by atoms with van der Waals surface area (Å²) < 4.78 is 29.0. The Balaban J connectivity index is 1.56. The first-order valence-corrected chi connectivity index (χ1v) is 13.6. The summed E-state index contributed by atoms with van der Waals surface area (Å²) in [7, 11) is -1.52. The molecule has 1 aromatic carbocycles. The van der Waals surface area contributed by atoms with E-state index in [2.05, 4.69) is 4.98 Å². The minimum absolute atomic E-state index is 0.0199. The lowest BCUT2D eigenvalue weighted by atomic mass is 10.2. The second kappa shape index (κ2) is 9.64. The standard InChI is InChI=1S/C21H23N3O4S3/c1-28-10-9-24(15-8-12-31(26,27)14-15)19(25)13-30-21-16-5-2-3-6-17(16)22-20(23-21)18-7-4-11-29-18/h2-7,11,15H,8-10,12-14H2,1H3/t15-/m0/s1. The summed E-state index contributed by atoms with van der Waals surface area (Å²) in [5.74, 6) is 0.853. The van der Waals surface area contributed by atoms with Crippen LogP contribution in [-0.4, -0.2) is 72.8 Å².